The number of aryl methyl sites for hydroxylation is 1. The van der Waals surface area contributed by atoms with Crippen LogP contribution in [0.3, 0.4) is 0 Å². The first kappa shape index (κ1) is 18.4. The van der Waals surface area contributed by atoms with Crippen molar-refractivity contribution in [1.29, 1.82) is 0 Å². The van der Waals surface area contributed by atoms with Crippen molar-refractivity contribution in [3.05, 3.63) is 35.4 Å². The Morgan fingerprint density at radius 3 is 2.35 bits per heavy atom. The maximum Gasteiger partial charge on any atom is 0.332 e. The van der Waals surface area contributed by atoms with Crippen LogP contribution < -0.4 is 5.32 Å². The molecule has 0 saturated carbocycles. The maximum atomic E-state index is 12.5. The molecule has 2 atom stereocenters. The summed E-state index contributed by atoms with van der Waals surface area (Å²) in [4.78, 5) is 37.5. The number of aliphatic carboxylic acids is 1. The molecular weight excluding hydrogens is 336 g/mol. The Kier molecular flexibility index (Phi) is 5.56. The molecule has 2 aliphatic rings. The topological polar surface area (TPSA) is 95.9 Å². The fourth-order valence-corrected chi connectivity index (χ4v) is 3.54. The lowest BCUT2D eigenvalue weighted by Gasteiger charge is -2.33. The fourth-order valence-electron chi connectivity index (χ4n) is 3.54. The second-order valence-corrected chi connectivity index (χ2v) is 6.92. The summed E-state index contributed by atoms with van der Waals surface area (Å²) in [5, 5.41) is 12.0. The van der Waals surface area contributed by atoms with Gasteiger partial charge in [-0.15, -0.1) is 0 Å². The number of piperidine rings is 1. The molecule has 2 aliphatic heterocycles. The van der Waals surface area contributed by atoms with E-state index in [0.29, 0.717) is 44.3 Å². The third-order valence-corrected chi connectivity index (χ3v) is 5.10. The van der Waals surface area contributed by atoms with Gasteiger partial charge in [0.1, 0.15) is 6.10 Å². The zero-order chi connectivity index (χ0) is 18.7. The van der Waals surface area contributed by atoms with Crippen LogP contribution >= 0.6 is 0 Å². The highest BCUT2D eigenvalue weighted by Crippen LogP contribution is 2.23. The van der Waals surface area contributed by atoms with Crippen LogP contribution in [0.15, 0.2) is 24.3 Å². The van der Waals surface area contributed by atoms with Crippen molar-refractivity contribution in [3.8, 4) is 0 Å². The van der Waals surface area contributed by atoms with Gasteiger partial charge in [-0.3, -0.25) is 9.59 Å². The minimum Gasteiger partial charge on any atom is -0.479 e. The van der Waals surface area contributed by atoms with Crippen LogP contribution in [0, 0.1) is 6.92 Å². The Hall–Kier alpha value is -2.41. The number of nitrogens with zero attached hydrogens (tertiary/aromatic N) is 1. The van der Waals surface area contributed by atoms with Crippen LogP contribution in [-0.2, 0) is 14.3 Å². The van der Waals surface area contributed by atoms with E-state index in [4.69, 9.17) is 9.84 Å². The van der Waals surface area contributed by atoms with E-state index in [9.17, 15) is 14.4 Å². The number of hydrogen-bond donors (Lipinski definition) is 2. The molecule has 2 saturated heterocycles. The van der Waals surface area contributed by atoms with Crippen LogP contribution in [-0.4, -0.2) is 59.1 Å². The normalized spacial score (nSPS) is 23.7. The van der Waals surface area contributed by atoms with Gasteiger partial charge in [-0.05, 0) is 44.2 Å². The van der Waals surface area contributed by atoms with Gasteiger partial charge in [0.2, 0.25) is 0 Å². The largest absolute Gasteiger partial charge is 0.479 e. The molecule has 2 N–H and O–H groups in total. The molecule has 140 valence electrons. The summed E-state index contributed by atoms with van der Waals surface area (Å²) in [6.45, 7) is 2.98. The number of carboxylic acids is 1. The zero-order valence-electron chi connectivity index (χ0n) is 14.8. The highest BCUT2D eigenvalue weighted by Gasteiger charge is 2.37. The maximum absolute atomic E-state index is 12.5. The number of carbonyl (C=O) groups excluding carboxylic acids is 2. The summed E-state index contributed by atoms with van der Waals surface area (Å²) in [6.07, 6.45) is 0.634. The minimum absolute atomic E-state index is 0.0300. The third kappa shape index (κ3) is 4.04. The average molecular weight is 360 g/mol. The second-order valence-electron chi connectivity index (χ2n) is 6.92. The second kappa shape index (κ2) is 7.86. The van der Waals surface area contributed by atoms with Gasteiger partial charge < -0.3 is 20.1 Å². The van der Waals surface area contributed by atoms with Crippen LogP contribution in [0.5, 0.6) is 0 Å². The van der Waals surface area contributed by atoms with Crippen molar-refractivity contribution in [3.63, 3.8) is 0 Å². The van der Waals surface area contributed by atoms with E-state index in [2.05, 4.69) is 5.32 Å². The number of carboxylic acid groups (broad SMARTS) is 1. The zero-order valence-corrected chi connectivity index (χ0v) is 14.8. The molecule has 0 bridgehead atoms. The smallest absolute Gasteiger partial charge is 0.332 e. The Bertz CT molecular complexity index is 697. The van der Waals surface area contributed by atoms with Crippen molar-refractivity contribution in [2.45, 2.75) is 50.9 Å². The lowest BCUT2D eigenvalue weighted by Crippen LogP contribution is -2.49. The predicted octanol–water partition coefficient (Wildman–Crippen LogP) is 1.35. The summed E-state index contributed by atoms with van der Waals surface area (Å²) >= 11 is 0. The van der Waals surface area contributed by atoms with Gasteiger partial charge in [0.25, 0.3) is 11.8 Å². The number of likely N-dealkylation sites (tertiary alicyclic amines) is 1. The summed E-state index contributed by atoms with van der Waals surface area (Å²) in [6, 6.07) is 7.48. The molecule has 0 radical (unpaired) electrons. The van der Waals surface area contributed by atoms with Crippen molar-refractivity contribution >= 4 is 17.8 Å². The lowest BCUT2D eigenvalue weighted by atomic mass is 10.0. The van der Waals surface area contributed by atoms with Crippen LogP contribution in [0.25, 0.3) is 0 Å². The standard InChI is InChI=1S/C19H24N2O5/c1-12-4-2-3-5-14(12)17(22)20-13-8-10-21(11-9-13)18(23)15-6-7-16(26-15)19(24)25/h2-5,13,15-16H,6-11H2,1H3,(H,20,22)(H,24,25)/t15-,16+/m0/s1. The van der Waals surface area contributed by atoms with Crippen LogP contribution in [0.4, 0.5) is 0 Å². The Morgan fingerprint density at radius 2 is 1.73 bits per heavy atom. The van der Waals surface area contributed by atoms with E-state index in [1.54, 1.807) is 11.0 Å². The van der Waals surface area contributed by atoms with E-state index in [0.717, 1.165) is 5.56 Å². The number of hydrogen-bond acceptors (Lipinski definition) is 4. The first-order valence-corrected chi connectivity index (χ1v) is 8.99. The molecule has 2 fully saturated rings. The first-order valence-electron chi connectivity index (χ1n) is 8.99. The number of rotatable bonds is 4. The van der Waals surface area contributed by atoms with Crippen molar-refractivity contribution in [1.82, 2.24) is 10.2 Å². The highest BCUT2D eigenvalue weighted by atomic mass is 16.5. The van der Waals surface area contributed by atoms with E-state index >= 15 is 0 Å². The molecule has 0 unspecified atom stereocenters. The molecule has 1 aromatic carbocycles. The average Bonchev–Trinajstić information content (AvgIpc) is 3.12. The monoisotopic (exact) mass is 360 g/mol. The number of carbonyl (C=O) groups is 3. The van der Waals surface area contributed by atoms with Crippen LogP contribution in [0.2, 0.25) is 0 Å². The number of amides is 2. The van der Waals surface area contributed by atoms with E-state index in [-0.39, 0.29) is 17.9 Å². The van der Waals surface area contributed by atoms with Gasteiger partial charge in [-0.2, -0.15) is 0 Å². The molecule has 7 heteroatoms. The summed E-state index contributed by atoms with van der Waals surface area (Å²) in [5.74, 6) is -1.24. The molecule has 3 rings (SSSR count). The van der Waals surface area contributed by atoms with Gasteiger partial charge in [-0.1, -0.05) is 18.2 Å². The molecule has 7 nitrogen and oxygen atoms in total. The minimum atomic E-state index is -1.02. The Morgan fingerprint density at radius 1 is 1.08 bits per heavy atom. The van der Waals surface area contributed by atoms with Gasteiger partial charge in [-0.25, -0.2) is 4.79 Å². The number of ether oxygens (including phenoxy) is 1. The molecule has 0 spiro atoms. The SMILES string of the molecule is Cc1ccccc1C(=O)NC1CCN(C(=O)[C@@H]2CC[C@H](C(=O)O)O2)CC1. The Labute approximate surface area is 152 Å². The Balaban J connectivity index is 1.48. The quantitative estimate of drug-likeness (QED) is 0.845. The summed E-state index contributed by atoms with van der Waals surface area (Å²) in [5.41, 5.74) is 1.61. The molecule has 0 aliphatic carbocycles. The lowest BCUT2D eigenvalue weighted by molar-refractivity contribution is -0.155. The summed E-state index contributed by atoms with van der Waals surface area (Å²) < 4.78 is 5.34. The van der Waals surface area contributed by atoms with Gasteiger partial charge in [0.15, 0.2) is 6.10 Å². The summed E-state index contributed by atoms with van der Waals surface area (Å²) in [7, 11) is 0. The van der Waals surface area contributed by atoms with E-state index < -0.39 is 18.2 Å². The molecule has 1 aromatic rings. The fraction of sp³-hybridized carbons (Fsp3) is 0.526. The predicted molar refractivity (Wildman–Crippen MR) is 93.8 cm³/mol. The van der Waals surface area contributed by atoms with Crippen molar-refractivity contribution in [2.75, 3.05) is 13.1 Å². The van der Waals surface area contributed by atoms with E-state index in [1.807, 2.05) is 25.1 Å². The van der Waals surface area contributed by atoms with Gasteiger partial charge in [0, 0.05) is 24.7 Å². The first-order chi connectivity index (χ1) is 12.5. The highest BCUT2D eigenvalue weighted by molar-refractivity contribution is 5.95. The van der Waals surface area contributed by atoms with Gasteiger partial charge >= 0.3 is 5.97 Å². The van der Waals surface area contributed by atoms with Crippen molar-refractivity contribution in [2.24, 2.45) is 0 Å². The molecule has 2 amide bonds. The van der Waals surface area contributed by atoms with Crippen LogP contribution in [0.1, 0.15) is 41.6 Å². The van der Waals surface area contributed by atoms with E-state index in [1.165, 1.54) is 0 Å². The third-order valence-electron chi connectivity index (χ3n) is 5.10. The molecule has 0 aromatic heterocycles. The molecular formula is C19H24N2O5. The van der Waals surface area contributed by atoms with Gasteiger partial charge in [0.05, 0.1) is 0 Å². The molecule has 26 heavy (non-hydrogen) atoms. The van der Waals surface area contributed by atoms with Crippen molar-refractivity contribution < 1.29 is 24.2 Å². The number of benzene rings is 1. The molecule has 2 heterocycles. The number of nitrogens with one attached hydrogen (secondary N) is 1.